The molecule has 128 valence electrons. The second-order valence-electron chi connectivity index (χ2n) is 6.26. The monoisotopic (exact) mass is 326 g/mol. The van der Waals surface area contributed by atoms with Crippen LogP contribution in [0.5, 0.6) is 0 Å². The molecule has 3 heterocycles. The molecule has 3 rings (SSSR count). The first-order valence-electron chi connectivity index (χ1n) is 8.92. The smallest absolute Gasteiger partial charge is 0.225 e. The first-order chi connectivity index (χ1) is 11.8. The van der Waals surface area contributed by atoms with Gasteiger partial charge in [0.1, 0.15) is 0 Å². The Morgan fingerprint density at radius 1 is 0.667 bits per heavy atom. The minimum Gasteiger partial charge on any atom is -0.337 e. The molecule has 1 saturated heterocycles. The van der Waals surface area contributed by atoms with Crippen molar-refractivity contribution in [2.45, 2.75) is 39.5 Å². The Kier molecular flexibility index (Phi) is 5.56. The minimum absolute atomic E-state index is 0.828. The maximum Gasteiger partial charge on any atom is 0.225 e. The van der Waals surface area contributed by atoms with Crippen LogP contribution in [0.15, 0.2) is 24.8 Å². The van der Waals surface area contributed by atoms with E-state index >= 15 is 0 Å². The molecule has 2 aromatic heterocycles. The lowest BCUT2D eigenvalue weighted by Crippen LogP contribution is -2.47. The lowest BCUT2D eigenvalue weighted by molar-refractivity contribution is 0.626. The van der Waals surface area contributed by atoms with Crippen molar-refractivity contribution in [1.82, 2.24) is 19.9 Å². The van der Waals surface area contributed by atoms with Crippen molar-refractivity contribution < 1.29 is 0 Å². The largest absolute Gasteiger partial charge is 0.337 e. The Balaban J connectivity index is 1.56. The Morgan fingerprint density at radius 2 is 1.00 bits per heavy atom. The van der Waals surface area contributed by atoms with Crippen molar-refractivity contribution >= 4 is 11.9 Å². The highest BCUT2D eigenvalue weighted by Crippen LogP contribution is 2.15. The summed E-state index contributed by atoms with van der Waals surface area (Å²) in [5.41, 5.74) is 2.42. The van der Waals surface area contributed by atoms with Gasteiger partial charge in [-0.1, -0.05) is 26.7 Å². The first kappa shape index (κ1) is 16.6. The molecule has 0 amide bonds. The van der Waals surface area contributed by atoms with E-state index in [0.717, 1.165) is 63.8 Å². The average Bonchev–Trinajstić information content (AvgIpc) is 2.64. The average molecular weight is 326 g/mol. The van der Waals surface area contributed by atoms with E-state index in [0.29, 0.717) is 0 Å². The van der Waals surface area contributed by atoms with Gasteiger partial charge in [-0.3, -0.25) is 0 Å². The van der Waals surface area contributed by atoms with Gasteiger partial charge < -0.3 is 9.80 Å². The summed E-state index contributed by atoms with van der Waals surface area (Å²) in [6.07, 6.45) is 12.1. The molecule has 0 unspecified atom stereocenters. The van der Waals surface area contributed by atoms with Crippen molar-refractivity contribution in [1.29, 1.82) is 0 Å². The normalized spacial score (nSPS) is 14.9. The van der Waals surface area contributed by atoms with Gasteiger partial charge in [0.25, 0.3) is 0 Å². The SMILES string of the molecule is CCCc1cnc(N2CCN(c3ncc(CCC)cn3)CC2)nc1. The molecular weight excluding hydrogens is 300 g/mol. The molecule has 0 N–H and O–H groups in total. The van der Waals surface area contributed by atoms with E-state index in [9.17, 15) is 0 Å². The van der Waals surface area contributed by atoms with Crippen LogP contribution in [0.3, 0.4) is 0 Å². The van der Waals surface area contributed by atoms with E-state index in [4.69, 9.17) is 0 Å². The predicted molar refractivity (Wildman–Crippen MR) is 96.5 cm³/mol. The first-order valence-corrected chi connectivity index (χ1v) is 8.92. The van der Waals surface area contributed by atoms with Gasteiger partial charge in [-0.2, -0.15) is 0 Å². The van der Waals surface area contributed by atoms with Crippen LogP contribution >= 0.6 is 0 Å². The molecule has 0 spiro atoms. The maximum atomic E-state index is 4.52. The van der Waals surface area contributed by atoms with Gasteiger partial charge in [0, 0.05) is 51.0 Å². The van der Waals surface area contributed by atoms with Crippen molar-refractivity contribution in [2.75, 3.05) is 36.0 Å². The van der Waals surface area contributed by atoms with Gasteiger partial charge in [-0.05, 0) is 24.0 Å². The van der Waals surface area contributed by atoms with E-state index in [2.05, 4.69) is 43.6 Å². The zero-order valence-corrected chi connectivity index (χ0v) is 14.6. The summed E-state index contributed by atoms with van der Waals surface area (Å²) in [4.78, 5) is 22.5. The fourth-order valence-electron chi connectivity index (χ4n) is 2.96. The van der Waals surface area contributed by atoms with Crippen LogP contribution in [0.4, 0.5) is 11.9 Å². The van der Waals surface area contributed by atoms with Crippen molar-refractivity contribution in [3.05, 3.63) is 35.9 Å². The van der Waals surface area contributed by atoms with Crippen molar-refractivity contribution in [3.63, 3.8) is 0 Å². The van der Waals surface area contributed by atoms with Crippen LogP contribution in [0.25, 0.3) is 0 Å². The second-order valence-corrected chi connectivity index (χ2v) is 6.26. The zero-order chi connectivity index (χ0) is 16.8. The highest BCUT2D eigenvalue weighted by atomic mass is 15.3. The molecular formula is C18H26N6. The number of anilines is 2. The molecule has 6 heteroatoms. The van der Waals surface area contributed by atoms with Crippen LogP contribution in [0.2, 0.25) is 0 Å². The second kappa shape index (κ2) is 8.04. The number of rotatable bonds is 6. The molecule has 2 aromatic rings. The standard InChI is InChI=1S/C18H26N6/c1-3-5-15-11-19-17(20-12-15)23-7-9-24(10-8-23)18-21-13-16(6-4-2)14-22-18/h11-14H,3-10H2,1-2H3. The van der Waals surface area contributed by atoms with Gasteiger partial charge in [-0.15, -0.1) is 0 Å². The van der Waals surface area contributed by atoms with Crippen molar-refractivity contribution in [2.24, 2.45) is 0 Å². The van der Waals surface area contributed by atoms with E-state index in [1.54, 1.807) is 0 Å². The summed E-state index contributed by atoms with van der Waals surface area (Å²) in [7, 11) is 0. The minimum atomic E-state index is 0.828. The van der Waals surface area contributed by atoms with Gasteiger partial charge in [0.15, 0.2) is 0 Å². The Hall–Kier alpha value is -2.24. The Bertz CT molecular complexity index is 559. The summed E-state index contributed by atoms with van der Waals surface area (Å²) < 4.78 is 0. The lowest BCUT2D eigenvalue weighted by atomic mass is 10.2. The number of hydrogen-bond donors (Lipinski definition) is 0. The number of piperazine rings is 1. The number of nitrogens with zero attached hydrogens (tertiary/aromatic N) is 6. The van der Waals surface area contributed by atoms with Crippen LogP contribution < -0.4 is 9.80 Å². The Labute approximate surface area is 144 Å². The summed E-state index contributed by atoms with van der Waals surface area (Å²) in [6, 6.07) is 0. The molecule has 0 radical (unpaired) electrons. The molecule has 0 aromatic carbocycles. The van der Waals surface area contributed by atoms with Gasteiger partial charge >= 0.3 is 0 Å². The third-order valence-corrected chi connectivity index (χ3v) is 4.31. The maximum absolute atomic E-state index is 4.52. The fraction of sp³-hybridized carbons (Fsp3) is 0.556. The molecule has 6 nitrogen and oxygen atoms in total. The van der Waals surface area contributed by atoms with Crippen LogP contribution in [0.1, 0.15) is 37.8 Å². The summed E-state index contributed by atoms with van der Waals surface area (Å²) in [5.74, 6) is 1.66. The van der Waals surface area contributed by atoms with Gasteiger partial charge in [0.2, 0.25) is 11.9 Å². The van der Waals surface area contributed by atoms with Crippen LogP contribution in [-0.4, -0.2) is 46.1 Å². The molecule has 24 heavy (non-hydrogen) atoms. The zero-order valence-electron chi connectivity index (χ0n) is 14.6. The molecule has 0 bridgehead atoms. The van der Waals surface area contributed by atoms with Crippen LogP contribution in [-0.2, 0) is 12.8 Å². The lowest BCUT2D eigenvalue weighted by Gasteiger charge is -2.34. The molecule has 0 saturated carbocycles. The highest BCUT2D eigenvalue weighted by molar-refractivity contribution is 5.37. The fourth-order valence-corrected chi connectivity index (χ4v) is 2.96. The van der Waals surface area contributed by atoms with Gasteiger partial charge in [-0.25, -0.2) is 19.9 Å². The molecule has 0 atom stereocenters. The quantitative estimate of drug-likeness (QED) is 0.813. The van der Waals surface area contributed by atoms with E-state index in [1.807, 2.05) is 24.8 Å². The van der Waals surface area contributed by atoms with Crippen LogP contribution in [0, 0.1) is 0 Å². The van der Waals surface area contributed by atoms with E-state index < -0.39 is 0 Å². The summed E-state index contributed by atoms with van der Waals surface area (Å²) in [5, 5.41) is 0. The summed E-state index contributed by atoms with van der Waals surface area (Å²) >= 11 is 0. The molecule has 1 aliphatic heterocycles. The third-order valence-electron chi connectivity index (χ3n) is 4.31. The van der Waals surface area contributed by atoms with Gasteiger partial charge in [0.05, 0.1) is 0 Å². The van der Waals surface area contributed by atoms with Crippen molar-refractivity contribution in [3.8, 4) is 0 Å². The highest BCUT2D eigenvalue weighted by Gasteiger charge is 2.20. The van der Waals surface area contributed by atoms with E-state index in [-0.39, 0.29) is 0 Å². The molecule has 1 aliphatic rings. The molecule has 0 aliphatic carbocycles. The van der Waals surface area contributed by atoms with E-state index in [1.165, 1.54) is 11.1 Å². The number of aryl methyl sites for hydroxylation is 2. The third kappa shape index (κ3) is 3.99. The summed E-state index contributed by atoms with van der Waals surface area (Å²) in [6.45, 7) is 7.93. The topological polar surface area (TPSA) is 58.0 Å². The number of aromatic nitrogens is 4. The predicted octanol–water partition coefficient (Wildman–Crippen LogP) is 2.50. The Morgan fingerprint density at radius 3 is 1.29 bits per heavy atom. The molecule has 1 fully saturated rings. The number of hydrogen-bond acceptors (Lipinski definition) is 6.